The Morgan fingerprint density at radius 1 is 1.07 bits per heavy atom. The van der Waals surface area contributed by atoms with Crippen LogP contribution in [0.15, 0.2) is 54.2 Å². The number of hydrogen-bond donors (Lipinski definition) is 1. The number of pyridine rings is 1. The third kappa shape index (κ3) is 4.55. The van der Waals surface area contributed by atoms with Gasteiger partial charge < -0.3 is 9.80 Å². The topological polar surface area (TPSA) is 78.4 Å². The van der Waals surface area contributed by atoms with E-state index in [0.29, 0.717) is 41.9 Å². The fourth-order valence-corrected chi connectivity index (χ4v) is 3.96. The largest absolute Gasteiger partial charge is 0.335 e. The van der Waals surface area contributed by atoms with Crippen molar-refractivity contribution in [2.75, 3.05) is 31.5 Å². The van der Waals surface area contributed by atoms with E-state index in [1.165, 1.54) is 11.3 Å². The van der Waals surface area contributed by atoms with Gasteiger partial charge in [-0.25, -0.2) is 9.78 Å². The average molecular weight is 428 g/mol. The summed E-state index contributed by atoms with van der Waals surface area (Å²) in [6, 6.07) is 10.4. The summed E-state index contributed by atoms with van der Waals surface area (Å²) in [4.78, 5) is 37.1. The first kappa shape index (κ1) is 19.4. The molecule has 0 unspecified atom stereocenters. The van der Waals surface area contributed by atoms with Crippen LogP contribution in [0.2, 0.25) is 5.02 Å². The van der Waals surface area contributed by atoms with E-state index in [0.717, 1.165) is 11.3 Å². The van der Waals surface area contributed by atoms with Crippen LogP contribution in [0.5, 0.6) is 0 Å². The number of halogens is 1. The van der Waals surface area contributed by atoms with Crippen molar-refractivity contribution in [2.45, 2.75) is 0 Å². The molecule has 1 N–H and O–H groups in total. The van der Waals surface area contributed by atoms with Crippen LogP contribution in [0.3, 0.4) is 0 Å². The maximum Gasteiger partial charge on any atom is 0.323 e. The molecule has 3 heterocycles. The molecule has 0 atom stereocenters. The van der Waals surface area contributed by atoms with Crippen LogP contribution < -0.4 is 5.32 Å². The Morgan fingerprint density at radius 2 is 1.86 bits per heavy atom. The van der Waals surface area contributed by atoms with Gasteiger partial charge in [-0.2, -0.15) is 0 Å². The standard InChI is InChI=1S/C20H18ClN5O2S/c21-16-5-1-3-14(11-16)18(27)25-7-9-26(10-8-25)20(28)24-19-23-17(13-29-19)15-4-2-6-22-12-15/h1-6,11-13H,7-10H2,(H,23,24,28). The van der Waals surface area contributed by atoms with E-state index in [4.69, 9.17) is 11.6 Å². The van der Waals surface area contributed by atoms with Crippen LogP contribution in [0, 0.1) is 0 Å². The number of aromatic nitrogens is 2. The van der Waals surface area contributed by atoms with Gasteiger partial charge in [0.15, 0.2) is 5.13 Å². The zero-order valence-corrected chi connectivity index (χ0v) is 17.0. The lowest BCUT2D eigenvalue weighted by atomic mass is 10.2. The van der Waals surface area contributed by atoms with Crippen molar-refractivity contribution in [3.05, 3.63) is 64.8 Å². The lowest BCUT2D eigenvalue weighted by Gasteiger charge is -2.34. The molecule has 1 fully saturated rings. The van der Waals surface area contributed by atoms with Crippen molar-refractivity contribution in [1.29, 1.82) is 0 Å². The number of nitrogens with zero attached hydrogens (tertiary/aromatic N) is 4. The predicted molar refractivity (Wildman–Crippen MR) is 113 cm³/mol. The van der Waals surface area contributed by atoms with Gasteiger partial charge in [-0.3, -0.25) is 15.1 Å². The summed E-state index contributed by atoms with van der Waals surface area (Å²) in [7, 11) is 0. The smallest absolute Gasteiger partial charge is 0.323 e. The van der Waals surface area contributed by atoms with Crippen LogP contribution in [-0.2, 0) is 0 Å². The minimum absolute atomic E-state index is 0.0754. The molecule has 1 saturated heterocycles. The fourth-order valence-electron chi connectivity index (χ4n) is 3.07. The Morgan fingerprint density at radius 3 is 2.59 bits per heavy atom. The molecule has 0 radical (unpaired) electrons. The molecule has 3 aromatic rings. The van der Waals surface area contributed by atoms with Gasteiger partial charge >= 0.3 is 6.03 Å². The Bertz CT molecular complexity index is 1020. The molecule has 9 heteroatoms. The van der Waals surface area contributed by atoms with Crippen LogP contribution in [0.1, 0.15) is 10.4 Å². The number of carbonyl (C=O) groups is 2. The van der Waals surface area contributed by atoms with Crippen LogP contribution in [-0.4, -0.2) is 57.9 Å². The van der Waals surface area contributed by atoms with E-state index in [1.54, 1.807) is 46.5 Å². The van der Waals surface area contributed by atoms with E-state index in [1.807, 2.05) is 17.5 Å². The highest BCUT2D eigenvalue weighted by Gasteiger charge is 2.25. The molecule has 0 bridgehead atoms. The van der Waals surface area contributed by atoms with Crippen molar-refractivity contribution < 1.29 is 9.59 Å². The molecule has 4 rings (SSSR count). The first-order valence-electron chi connectivity index (χ1n) is 9.07. The summed E-state index contributed by atoms with van der Waals surface area (Å²) in [6.07, 6.45) is 3.44. The van der Waals surface area contributed by atoms with Crippen LogP contribution in [0.4, 0.5) is 9.93 Å². The highest BCUT2D eigenvalue weighted by Crippen LogP contribution is 2.24. The molecule has 29 heavy (non-hydrogen) atoms. The molecule has 0 aliphatic carbocycles. The minimum Gasteiger partial charge on any atom is -0.335 e. The lowest BCUT2D eigenvalue weighted by molar-refractivity contribution is 0.0671. The second-order valence-electron chi connectivity index (χ2n) is 6.50. The van der Waals surface area contributed by atoms with Crippen molar-refractivity contribution in [3.63, 3.8) is 0 Å². The highest BCUT2D eigenvalue weighted by molar-refractivity contribution is 7.14. The van der Waals surface area contributed by atoms with Gasteiger partial charge in [0, 0.05) is 60.1 Å². The maximum absolute atomic E-state index is 12.6. The van der Waals surface area contributed by atoms with E-state index in [2.05, 4.69) is 15.3 Å². The second kappa shape index (κ2) is 8.59. The SMILES string of the molecule is O=C(Nc1nc(-c2cccnc2)cs1)N1CCN(C(=O)c2cccc(Cl)c2)CC1. The molecule has 0 spiro atoms. The molecular weight excluding hydrogens is 410 g/mol. The Hall–Kier alpha value is -2.97. The van der Waals surface area contributed by atoms with Gasteiger partial charge in [0.25, 0.3) is 5.91 Å². The van der Waals surface area contributed by atoms with E-state index in [9.17, 15) is 9.59 Å². The number of amides is 3. The van der Waals surface area contributed by atoms with Crippen LogP contribution >= 0.6 is 22.9 Å². The summed E-state index contributed by atoms with van der Waals surface area (Å²) < 4.78 is 0. The molecule has 2 aromatic heterocycles. The van der Waals surface area contributed by atoms with E-state index in [-0.39, 0.29) is 11.9 Å². The molecular formula is C20H18ClN5O2S. The molecule has 1 aliphatic rings. The van der Waals surface area contributed by atoms with Gasteiger partial charge in [-0.15, -0.1) is 11.3 Å². The summed E-state index contributed by atoms with van der Waals surface area (Å²) in [6.45, 7) is 1.85. The van der Waals surface area contributed by atoms with E-state index >= 15 is 0 Å². The third-order valence-electron chi connectivity index (χ3n) is 4.60. The van der Waals surface area contributed by atoms with Crippen molar-refractivity contribution in [3.8, 4) is 11.3 Å². The summed E-state index contributed by atoms with van der Waals surface area (Å²) >= 11 is 7.34. The molecule has 3 amide bonds. The predicted octanol–water partition coefficient (Wildman–Crippen LogP) is 3.85. The van der Waals surface area contributed by atoms with Gasteiger partial charge in [-0.1, -0.05) is 17.7 Å². The number of piperazine rings is 1. The second-order valence-corrected chi connectivity index (χ2v) is 7.79. The van der Waals surface area contributed by atoms with Crippen LogP contribution in [0.25, 0.3) is 11.3 Å². The normalized spacial score (nSPS) is 14.0. The number of urea groups is 1. The minimum atomic E-state index is -0.216. The van der Waals surface area contributed by atoms with Gasteiger partial charge in [0.05, 0.1) is 5.69 Å². The zero-order valence-electron chi connectivity index (χ0n) is 15.4. The number of nitrogens with one attached hydrogen (secondary N) is 1. The Labute approximate surface area is 177 Å². The first-order chi connectivity index (χ1) is 14.1. The lowest BCUT2D eigenvalue weighted by Crippen LogP contribution is -2.51. The highest BCUT2D eigenvalue weighted by atomic mass is 35.5. The Kier molecular flexibility index (Phi) is 5.73. The molecule has 1 aromatic carbocycles. The molecule has 148 valence electrons. The maximum atomic E-state index is 12.6. The van der Waals surface area contributed by atoms with Gasteiger partial charge in [0.1, 0.15) is 0 Å². The molecule has 0 saturated carbocycles. The number of rotatable bonds is 3. The monoisotopic (exact) mass is 427 g/mol. The molecule has 7 nitrogen and oxygen atoms in total. The summed E-state index contributed by atoms with van der Waals surface area (Å²) in [5.41, 5.74) is 2.23. The summed E-state index contributed by atoms with van der Waals surface area (Å²) in [5, 5.41) is 5.79. The molecule has 1 aliphatic heterocycles. The average Bonchev–Trinajstić information content (AvgIpc) is 3.22. The number of carbonyl (C=O) groups excluding carboxylic acids is 2. The summed E-state index contributed by atoms with van der Waals surface area (Å²) in [5.74, 6) is -0.0754. The van der Waals surface area contributed by atoms with Gasteiger partial charge in [-0.05, 0) is 30.3 Å². The number of benzene rings is 1. The van der Waals surface area contributed by atoms with Crippen molar-refractivity contribution in [2.24, 2.45) is 0 Å². The number of anilines is 1. The third-order valence-corrected chi connectivity index (χ3v) is 5.59. The zero-order chi connectivity index (χ0) is 20.2. The Balaban J connectivity index is 1.32. The van der Waals surface area contributed by atoms with Crippen molar-refractivity contribution >= 4 is 40.0 Å². The van der Waals surface area contributed by atoms with Gasteiger partial charge in [0.2, 0.25) is 0 Å². The first-order valence-corrected chi connectivity index (χ1v) is 10.3. The number of hydrogen-bond acceptors (Lipinski definition) is 5. The fraction of sp³-hybridized carbons (Fsp3) is 0.200. The van der Waals surface area contributed by atoms with Crippen molar-refractivity contribution in [1.82, 2.24) is 19.8 Å². The quantitative estimate of drug-likeness (QED) is 0.688. The number of thiazole rings is 1. The van der Waals surface area contributed by atoms with E-state index < -0.39 is 0 Å².